The Bertz CT molecular complexity index is 988. The van der Waals surface area contributed by atoms with Gasteiger partial charge in [0.25, 0.3) is 0 Å². The number of amides is 1. The molecule has 154 valence electrons. The number of carbonyl (C=O) groups excluding carboxylic acids is 1. The molecule has 3 aromatic rings. The molecule has 0 aliphatic carbocycles. The number of aliphatic hydroxyl groups excluding tert-OH is 1. The van der Waals surface area contributed by atoms with Crippen LogP contribution in [0.15, 0.2) is 78.9 Å². The molecular weight excluding hydrogens is 378 g/mol. The summed E-state index contributed by atoms with van der Waals surface area (Å²) < 4.78 is 11.1. The van der Waals surface area contributed by atoms with Crippen molar-refractivity contribution in [3.63, 3.8) is 0 Å². The smallest absolute Gasteiger partial charge is 0.232 e. The first kappa shape index (κ1) is 20.0. The zero-order valence-corrected chi connectivity index (χ0v) is 16.9. The van der Waals surface area contributed by atoms with Gasteiger partial charge in [-0.05, 0) is 53.9 Å². The molecule has 1 aliphatic rings. The molecule has 0 bridgehead atoms. The Hall–Kier alpha value is -3.31. The van der Waals surface area contributed by atoms with Gasteiger partial charge in [-0.2, -0.15) is 0 Å². The van der Waals surface area contributed by atoms with Crippen molar-refractivity contribution in [2.45, 2.75) is 19.1 Å². The van der Waals surface area contributed by atoms with E-state index < -0.39 is 0 Å². The second kappa shape index (κ2) is 9.01. The lowest BCUT2D eigenvalue weighted by Gasteiger charge is -2.46. The molecule has 1 saturated heterocycles. The number of methoxy groups -OCH3 is 1. The van der Waals surface area contributed by atoms with Crippen molar-refractivity contribution in [2.24, 2.45) is 5.92 Å². The minimum absolute atomic E-state index is 0.0230. The highest BCUT2D eigenvalue weighted by molar-refractivity contribution is 6.03. The quantitative estimate of drug-likeness (QED) is 0.581. The zero-order valence-electron chi connectivity index (χ0n) is 16.9. The number of ether oxygens (including phenoxy) is 2. The fourth-order valence-electron chi connectivity index (χ4n) is 3.86. The SMILES string of the molecule is COc1ccc(N2C(=O)[C@@H](Cc3cccc(OCc4ccccc4)c3)[C@H]2CO)cc1. The number of rotatable bonds is 8. The van der Waals surface area contributed by atoms with E-state index in [4.69, 9.17) is 9.47 Å². The molecular formula is C25H25NO4. The number of β-lactam (4-membered cyclic amide) rings is 1. The third-order valence-corrected chi connectivity index (χ3v) is 5.49. The van der Waals surface area contributed by atoms with Crippen LogP contribution in [0.3, 0.4) is 0 Å². The highest BCUT2D eigenvalue weighted by atomic mass is 16.5. The Balaban J connectivity index is 1.42. The van der Waals surface area contributed by atoms with Crippen LogP contribution in [0.2, 0.25) is 0 Å². The number of carbonyl (C=O) groups is 1. The maximum absolute atomic E-state index is 12.8. The molecule has 0 spiro atoms. The van der Waals surface area contributed by atoms with Crippen molar-refractivity contribution >= 4 is 11.6 Å². The molecule has 0 aromatic heterocycles. The van der Waals surface area contributed by atoms with Gasteiger partial charge in [-0.15, -0.1) is 0 Å². The molecule has 0 unspecified atom stereocenters. The molecule has 0 saturated carbocycles. The van der Waals surface area contributed by atoms with Crippen molar-refractivity contribution in [1.29, 1.82) is 0 Å². The molecule has 1 aliphatic heterocycles. The maximum Gasteiger partial charge on any atom is 0.232 e. The van der Waals surface area contributed by atoms with Gasteiger partial charge < -0.3 is 19.5 Å². The minimum Gasteiger partial charge on any atom is -0.497 e. The van der Waals surface area contributed by atoms with E-state index in [1.807, 2.05) is 78.9 Å². The molecule has 4 rings (SSSR count). The molecule has 1 N–H and O–H groups in total. The van der Waals surface area contributed by atoms with E-state index in [-0.39, 0.29) is 24.5 Å². The summed E-state index contributed by atoms with van der Waals surface area (Å²) in [5, 5.41) is 9.91. The van der Waals surface area contributed by atoms with E-state index in [0.717, 1.165) is 28.3 Å². The molecule has 2 atom stereocenters. The molecule has 0 radical (unpaired) electrons. The topological polar surface area (TPSA) is 59.0 Å². The van der Waals surface area contributed by atoms with Crippen molar-refractivity contribution < 1.29 is 19.4 Å². The van der Waals surface area contributed by atoms with Gasteiger partial charge in [0, 0.05) is 5.69 Å². The van der Waals surface area contributed by atoms with E-state index in [1.165, 1.54) is 0 Å². The summed E-state index contributed by atoms with van der Waals surface area (Å²) in [5.74, 6) is 1.28. The first-order chi connectivity index (χ1) is 14.7. The molecule has 1 heterocycles. The number of anilines is 1. The lowest BCUT2D eigenvalue weighted by Crippen LogP contribution is -2.63. The third kappa shape index (κ3) is 4.16. The van der Waals surface area contributed by atoms with Gasteiger partial charge in [0.05, 0.1) is 25.7 Å². The average molecular weight is 403 g/mol. The normalized spacial score (nSPS) is 18.1. The summed E-state index contributed by atoms with van der Waals surface area (Å²) in [6.07, 6.45) is 0.569. The molecule has 30 heavy (non-hydrogen) atoms. The van der Waals surface area contributed by atoms with Gasteiger partial charge in [-0.25, -0.2) is 0 Å². The van der Waals surface area contributed by atoms with Crippen LogP contribution in [-0.4, -0.2) is 30.8 Å². The lowest BCUT2D eigenvalue weighted by atomic mass is 9.82. The highest BCUT2D eigenvalue weighted by Crippen LogP contribution is 2.35. The Morgan fingerprint density at radius 2 is 1.63 bits per heavy atom. The van der Waals surface area contributed by atoms with E-state index in [9.17, 15) is 9.90 Å². The standard InChI is InChI=1S/C25H25NO4/c1-29-21-12-10-20(11-13-21)26-24(16-27)23(25(26)28)15-19-8-5-9-22(14-19)30-17-18-6-3-2-4-7-18/h2-14,23-24,27H,15-17H2,1H3/t23-,24+/m0/s1. The number of nitrogens with zero attached hydrogens (tertiary/aromatic N) is 1. The number of hydrogen-bond donors (Lipinski definition) is 1. The Kier molecular flexibility index (Phi) is 6.00. The predicted octanol–water partition coefficient (Wildman–Crippen LogP) is 3.84. The summed E-state index contributed by atoms with van der Waals surface area (Å²) in [6, 6.07) is 24.9. The fraction of sp³-hybridized carbons (Fsp3) is 0.240. The van der Waals surface area contributed by atoms with Crippen LogP contribution in [-0.2, 0) is 17.8 Å². The molecule has 1 fully saturated rings. The van der Waals surface area contributed by atoms with Crippen LogP contribution in [0.25, 0.3) is 0 Å². The van der Waals surface area contributed by atoms with Crippen LogP contribution in [0, 0.1) is 5.92 Å². The number of benzene rings is 3. The molecule has 5 nitrogen and oxygen atoms in total. The predicted molar refractivity (Wildman–Crippen MR) is 116 cm³/mol. The Morgan fingerprint density at radius 3 is 2.33 bits per heavy atom. The van der Waals surface area contributed by atoms with E-state index in [1.54, 1.807) is 12.0 Å². The molecule has 1 amide bonds. The van der Waals surface area contributed by atoms with E-state index >= 15 is 0 Å². The summed E-state index contributed by atoms with van der Waals surface area (Å²) in [6.45, 7) is 0.420. The van der Waals surface area contributed by atoms with Gasteiger partial charge in [0.1, 0.15) is 18.1 Å². The molecule has 3 aromatic carbocycles. The molecule has 5 heteroatoms. The van der Waals surface area contributed by atoms with E-state index in [0.29, 0.717) is 13.0 Å². The maximum atomic E-state index is 12.8. The largest absolute Gasteiger partial charge is 0.497 e. The third-order valence-electron chi connectivity index (χ3n) is 5.49. The minimum atomic E-state index is -0.249. The second-order valence-electron chi connectivity index (χ2n) is 7.39. The van der Waals surface area contributed by atoms with Gasteiger partial charge in [0.2, 0.25) is 5.91 Å². The Morgan fingerprint density at radius 1 is 0.900 bits per heavy atom. The fourth-order valence-corrected chi connectivity index (χ4v) is 3.86. The monoisotopic (exact) mass is 403 g/mol. The first-order valence-corrected chi connectivity index (χ1v) is 10.0. The summed E-state index contributed by atoms with van der Waals surface area (Å²) in [5.41, 5.74) is 2.90. The van der Waals surface area contributed by atoms with Crippen LogP contribution in [0.4, 0.5) is 5.69 Å². The van der Waals surface area contributed by atoms with Crippen molar-refractivity contribution in [3.8, 4) is 11.5 Å². The first-order valence-electron chi connectivity index (χ1n) is 10.0. The van der Waals surface area contributed by atoms with E-state index in [2.05, 4.69) is 0 Å². The van der Waals surface area contributed by atoms with Crippen LogP contribution in [0.1, 0.15) is 11.1 Å². The second-order valence-corrected chi connectivity index (χ2v) is 7.39. The number of hydrogen-bond acceptors (Lipinski definition) is 4. The van der Waals surface area contributed by atoms with Crippen LogP contribution < -0.4 is 14.4 Å². The van der Waals surface area contributed by atoms with Crippen molar-refractivity contribution in [3.05, 3.63) is 90.0 Å². The van der Waals surface area contributed by atoms with Crippen molar-refractivity contribution in [2.75, 3.05) is 18.6 Å². The Labute approximate surface area is 176 Å². The van der Waals surface area contributed by atoms with Crippen LogP contribution in [0.5, 0.6) is 11.5 Å². The zero-order chi connectivity index (χ0) is 20.9. The van der Waals surface area contributed by atoms with Gasteiger partial charge in [-0.1, -0.05) is 42.5 Å². The van der Waals surface area contributed by atoms with Gasteiger partial charge in [-0.3, -0.25) is 4.79 Å². The van der Waals surface area contributed by atoms with Crippen LogP contribution >= 0.6 is 0 Å². The van der Waals surface area contributed by atoms with Gasteiger partial charge >= 0.3 is 0 Å². The summed E-state index contributed by atoms with van der Waals surface area (Å²) in [7, 11) is 1.61. The average Bonchev–Trinajstić information content (AvgIpc) is 2.80. The highest BCUT2D eigenvalue weighted by Gasteiger charge is 2.47. The van der Waals surface area contributed by atoms with Gasteiger partial charge in [0.15, 0.2) is 0 Å². The summed E-state index contributed by atoms with van der Waals surface area (Å²) in [4.78, 5) is 14.5. The summed E-state index contributed by atoms with van der Waals surface area (Å²) >= 11 is 0. The number of aliphatic hydroxyl groups is 1. The lowest BCUT2D eigenvalue weighted by molar-refractivity contribution is -0.131. The van der Waals surface area contributed by atoms with Crippen molar-refractivity contribution in [1.82, 2.24) is 0 Å².